The van der Waals surface area contributed by atoms with Crippen molar-refractivity contribution in [1.29, 1.82) is 0 Å². The lowest BCUT2D eigenvalue weighted by Gasteiger charge is -2.09. The van der Waals surface area contributed by atoms with Crippen LogP contribution in [0, 0.1) is 13.8 Å². The van der Waals surface area contributed by atoms with Crippen LogP contribution in [0.15, 0.2) is 22.7 Å². The summed E-state index contributed by atoms with van der Waals surface area (Å²) in [6.07, 6.45) is 0. The van der Waals surface area contributed by atoms with Gasteiger partial charge in [-0.2, -0.15) is 0 Å². The first-order valence-corrected chi connectivity index (χ1v) is 5.73. The van der Waals surface area contributed by atoms with E-state index in [2.05, 4.69) is 5.16 Å². The molecule has 0 unspecified atom stereocenters. The molecule has 0 saturated carbocycles. The minimum atomic E-state index is -0.655. The number of benzene rings is 1. The van der Waals surface area contributed by atoms with Crippen LogP contribution in [-0.2, 0) is 0 Å². The van der Waals surface area contributed by atoms with Crippen LogP contribution in [0.25, 0.3) is 11.3 Å². The van der Waals surface area contributed by atoms with Gasteiger partial charge in [-0.25, -0.2) is 0 Å². The molecule has 5 heteroatoms. The highest BCUT2D eigenvalue weighted by Gasteiger charge is 2.15. The normalized spacial score (nSPS) is 10.4. The molecule has 0 aliphatic carbocycles. The van der Waals surface area contributed by atoms with Gasteiger partial charge in [-0.1, -0.05) is 5.16 Å². The van der Waals surface area contributed by atoms with E-state index in [1.165, 1.54) is 6.07 Å². The molecule has 0 spiro atoms. The van der Waals surface area contributed by atoms with E-state index in [-0.39, 0.29) is 5.76 Å². The van der Waals surface area contributed by atoms with Crippen LogP contribution in [0.3, 0.4) is 0 Å². The topological polar surface area (TPSA) is 52.3 Å². The van der Waals surface area contributed by atoms with E-state index in [4.69, 9.17) is 20.9 Å². The first-order chi connectivity index (χ1) is 8.52. The Labute approximate surface area is 109 Å². The number of aromatic nitrogens is 1. The van der Waals surface area contributed by atoms with Crippen molar-refractivity contribution >= 4 is 16.8 Å². The molecule has 0 aliphatic heterocycles. The van der Waals surface area contributed by atoms with E-state index in [1.54, 1.807) is 7.11 Å². The number of rotatable bonds is 3. The number of aryl methyl sites for hydroxylation is 2. The van der Waals surface area contributed by atoms with Gasteiger partial charge in [0.05, 0.1) is 7.11 Å². The van der Waals surface area contributed by atoms with Gasteiger partial charge in [0.25, 0.3) is 5.24 Å². The molecule has 0 saturated heterocycles. The van der Waals surface area contributed by atoms with E-state index in [0.29, 0.717) is 5.69 Å². The number of halogens is 1. The Hall–Kier alpha value is -1.81. The zero-order valence-corrected chi connectivity index (χ0v) is 11.0. The molecule has 0 amide bonds. The summed E-state index contributed by atoms with van der Waals surface area (Å²) < 4.78 is 10.1. The smallest absolute Gasteiger partial charge is 0.290 e. The number of nitrogens with zero attached hydrogens (tertiary/aromatic N) is 1. The summed E-state index contributed by atoms with van der Waals surface area (Å²) in [6, 6.07) is 5.34. The predicted octanol–water partition coefficient (Wildman–Crippen LogP) is 3.35. The molecule has 1 aromatic carbocycles. The number of methoxy groups -OCH3 is 1. The van der Waals surface area contributed by atoms with Crippen LogP contribution < -0.4 is 4.74 Å². The quantitative estimate of drug-likeness (QED) is 0.799. The summed E-state index contributed by atoms with van der Waals surface area (Å²) in [4.78, 5) is 11.0. The molecule has 0 aliphatic rings. The summed E-state index contributed by atoms with van der Waals surface area (Å²) in [5.74, 6) is 0.826. The highest BCUT2D eigenvalue weighted by atomic mass is 35.5. The first-order valence-electron chi connectivity index (χ1n) is 5.35. The Morgan fingerprint density at radius 3 is 2.33 bits per heavy atom. The average molecular weight is 266 g/mol. The van der Waals surface area contributed by atoms with Crippen LogP contribution >= 0.6 is 11.6 Å². The van der Waals surface area contributed by atoms with E-state index < -0.39 is 5.24 Å². The highest BCUT2D eigenvalue weighted by Crippen LogP contribution is 2.30. The molecule has 0 N–H and O–H groups in total. The molecule has 94 valence electrons. The molecule has 0 atom stereocenters. The molecule has 4 nitrogen and oxygen atoms in total. The van der Waals surface area contributed by atoms with Crippen molar-refractivity contribution in [3.05, 3.63) is 35.1 Å². The van der Waals surface area contributed by atoms with E-state index in [0.717, 1.165) is 22.4 Å². The van der Waals surface area contributed by atoms with Gasteiger partial charge in [0.1, 0.15) is 11.4 Å². The fourth-order valence-electron chi connectivity index (χ4n) is 1.93. The van der Waals surface area contributed by atoms with Crippen molar-refractivity contribution in [1.82, 2.24) is 5.16 Å². The minimum Gasteiger partial charge on any atom is -0.497 e. The third-order valence-corrected chi connectivity index (χ3v) is 2.89. The molecule has 18 heavy (non-hydrogen) atoms. The summed E-state index contributed by atoms with van der Waals surface area (Å²) in [5, 5.41) is 3.21. The van der Waals surface area contributed by atoms with E-state index >= 15 is 0 Å². The maximum atomic E-state index is 11.0. The Kier molecular flexibility index (Phi) is 3.39. The third kappa shape index (κ3) is 2.24. The lowest BCUT2D eigenvalue weighted by Crippen LogP contribution is -1.91. The van der Waals surface area contributed by atoms with Crippen LogP contribution in [0.1, 0.15) is 21.7 Å². The molecular weight excluding hydrogens is 254 g/mol. The van der Waals surface area contributed by atoms with Gasteiger partial charge >= 0.3 is 0 Å². The zero-order chi connectivity index (χ0) is 13.3. The van der Waals surface area contributed by atoms with Crippen molar-refractivity contribution in [2.45, 2.75) is 13.8 Å². The number of carbonyl (C=O) groups excluding carboxylic acids is 1. The van der Waals surface area contributed by atoms with Gasteiger partial charge in [-0.15, -0.1) is 0 Å². The maximum Gasteiger partial charge on any atom is 0.290 e. The third-order valence-electron chi connectivity index (χ3n) is 2.70. The van der Waals surface area contributed by atoms with Crippen molar-refractivity contribution in [2.75, 3.05) is 7.11 Å². The second kappa shape index (κ2) is 4.82. The van der Waals surface area contributed by atoms with Gasteiger partial charge in [-0.3, -0.25) is 4.79 Å². The van der Waals surface area contributed by atoms with Crippen molar-refractivity contribution in [2.24, 2.45) is 0 Å². The predicted molar refractivity (Wildman–Crippen MR) is 68.1 cm³/mol. The van der Waals surface area contributed by atoms with Gasteiger partial charge < -0.3 is 9.26 Å². The average Bonchev–Trinajstić information content (AvgIpc) is 2.77. The minimum absolute atomic E-state index is 0.0429. The number of carbonyl (C=O) groups is 1. The Bertz CT molecular complexity index is 581. The molecule has 0 bridgehead atoms. The Balaban J connectivity index is 2.53. The highest BCUT2D eigenvalue weighted by molar-refractivity contribution is 6.67. The molecule has 1 aromatic heterocycles. The largest absolute Gasteiger partial charge is 0.497 e. The fourth-order valence-corrected chi connectivity index (χ4v) is 2.02. The molecule has 0 radical (unpaired) electrons. The first kappa shape index (κ1) is 12.6. The van der Waals surface area contributed by atoms with Gasteiger partial charge in [0.2, 0.25) is 5.76 Å². The molecule has 0 fully saturated rings. The van der Waals surface area contributed by atoms with Crippen LogP contribution in [0.5, 0.6) is 5.75 Å². The van der Waals surface area contributed by atoms with Crippen LogP contribution in [0.4, 0.5) is 0 Å². The van der Waals surface area contributed by atoms with E-state index in [9.17, 15) is 4.79 Å². The molecule has 2 aromatic rings. The lowest BCUT2D eigenvalue weighted by atomic mass is 9.99. The summed E-state index contributed by atoms with van der Waals surface area (Å²) in [5.41, 5.74) is 3.50. The Morgan fingerprint density at radius 2 is 1.89 bits per heavy atom. The van der Waals surface area contributed by atoms with Crippen LogP contribution in [0.2, 0.25) is 0 Å². The molecule has 1 heterocycles. The van der Waals surface area contributed by atoms with Gasteiger partial charge in [0, 0.05) is 11.6 Å². The summed E-state index contributed by atoms with van der Waals surface area (Å²) in [7, 11) is 1.62. The fraction of sp³-hybridized carbons (Fsp3) is 0.231. The zero-order valence-electron chi connectivity index (χ0n) is 10.3. The van der Waals surface area contributed by atoms with Gasteiger partial charge in [0.15, 0.2) is 0 Å². The standard InChI is InChI=1S/C13H12ClNO3/c1-7-4-9(17-3)5-8(2)12(7)10-6-11(13(14)16)18-15-10/h4-6H,1-3H3. The van der Waals surface area contributed by atoms with E-state index in [1.807, 2.05) is 26.0 Å². The monoisotopic (exact) mass is 265 g/mol. The van der Waals surface area contributed by atoms with Gasteiger partial charge in [-0.05, 0) is 48.7 Å². The summed E-state index contributed by atoms with van der Waals surface area (Å²) in [6.45, 7) is 3.89. The maximum absolute atomic E-state index is 11.0. The van der Waals surface area contributed by atoms with Crippen LogP contribution in [-0.4, -0.2) is 17.5 Å². The second-order valence-electron chi connectivity index (χ2n) is 3.99. The van der Waals surface area contributed by atoms with Crippen molar-refractivity contribution in [3.8, 4) is 17.0 Å². The molecule has 2 rings (SSSR count). The number of ether oxygens (including phenoxy) is 1. The molecular formula is C13H12ClNO3. The SMILES string of the molecule is COc1cc(C)c(-c2cc(C(=O)Cl)on2)c(C)c1. The van der Waals surface area contributed by atoms with Crippen molar-refractivity contribution < 1.29 is 14.1 Å². The van der Waals surface area contributed by atoms with Crippen molar-refractivity contribution in [3.63, 3.8) is 0 Å². The second-order valence-corrected chi connectivity index (χ2v) is 4.33. The number of hydrogen-bond acceptors (Lipinski definition) is 4. The Morgan fingerprint density at radius 1 is 1.28 bits per heavy atom. The number of hydrogen-bond donors (Lipinski definition) is 0. The lowest BCUT2D eigenvalue weighted by molar-refractivity contribution is 0.104. The summed E-state index contributed by atoms with van der Waals surface area (Å²) >= 11 is 5.34.